The summed E-state index contributed by atoms with van der Waals surface area (Å²) in [7, 11) is 0. The molecule has 0 saturated carbocycles. The Balaban J connectivity index is 2.16. The molecule has 0 saturated heterocycles. The van der Waals surface area contributed by atoms with Crippen LogP contribution in [0.3, 0.4) is 0 Å². The predicted molar refractivity (Wildman–Crippen MR) is 72.8 cm³/mol. The Kier molecular flexibility index (Phi) is 2.95. The molecule has 1 aromatic carbocycles. The van der Waals surface area contributed by atoms with Gasteiger partial charge in [0.15, 0.2) is 5.65 Å². The molecule has 0 unspecified atom stereocenters. The van der Waals surface area contributed by atoms with E-state index in [1.165, 1.54) is 12.1 Å². The highest BCUT2D eigenvalue weighted by molar-refractivity contribution is 6.29. The molecule has 2 heterocycles. The molecule has 0 aliphatic rings. The van der Waals surface area contributed by atoms with Gasteiger partial charge in [-0.25, -0.2) is 13.9 Å². The Hall–Kier alpha value is -1.94. The van der Waals surface area contributed by atoms with Gasteiger partial charge in [-0.05, 0) is 36.8 Å². The first kappa shape index (κ1) is 12.1. The van der Waals surface area contributed by atoms with Gasteiger partial charge >= 0.3 is 0 Å². The molecule has 3 rings (SSSR count). The number of halogens is 2. The minimum Gasteiger partial charge on any atom is -0.233 e. The van der Waals surface area contributed by atoms with Crippen molar-refractivity contribution in [1.82, 2.24) is 14.6 Å². The monoisotopic (exact) mass is 275 g/mol. The average molecular weight is 276 g/mol. The van der Waals surface area contributed by atoms with Crippen LogP contribution in [0.2, 0.25) is 5.15 Å². The molecule has 0 atom stereocenters. The van der Waals surface area contributed by atoms with Crippen LogP contribution in [0.25, 0.3) is 16.9 Å². The lowest BCUT2D eigenvalue weighted by Crippen LogP contribution is -1.96. The normalized spacial score (nSPS) is 11.1. The van der Waals surface area contributed by atoms with Gasteiger partial charge in [0.2, 0.25) is 0 Å². The Morgan fingerprint density at radius 1 is 1.21 bits per heavy atom. The number of aryl methyl sites for hydroxylation is 1. The third kappa shape index (κ3) is 2.19. The Morgan fingerprint density at radius 2 is 1.95 bits per heavy atom. The number of rotatable bonds is 2. The van der Waals surface area contributed by atoms with E-state index in [4.69, 9.17) is 11.6 Å². The molecule has 0 N–H and O–H groups in total. The summed E-state index contributed by atoms with van der Waals surface area (Å²) in [5.74, 6) is -0.267. The van der Waals surface area contributed by atoms with E-state index in [9.17, 15) is 4.39 Å². The average Bonchev–Trinajstić information content (AvgIpc) is 2.84. The molecular formula is C14H11ClFN3. The molecule has 2 aromatic heterocycles. The summed E-state index contributed by atoms with van der Waals surface area (Å²) in [6.07, 6.45) is 0.813. The van der Waals surface area contributed by atoms with Crippen LogP contribution in [0.1, 0.15) is 12.6 Å². The quantitative estimate of drug-likeness (QED) is 0.667. The van der Waals surface area contributed by atoms with Crippen LogP contribution >= 0.6 is 11.6 Å². The Labute approximate surface area is 114 Å². The lowest BCUT2D eigenvalue weighted by molar-refractivity contribution is 0.628. The minimum atomic E-state index is -0.267. The molecule has 0 amide bonds. The van der Waals surface area contributed by atoms with Crippen LogP contribution in [-0.4, -0.2) is 14.6 Å². The Bertz CT molecular complexity index is 734. The maximum absolute atomic E-state index is 12.9. The summed E-state index contributed by atoms with van der Waals surface area (Å²) in [4.78, 5) is 4.46. The number of nitrogens with zero attached hydrogens (tertiary/aromatic N) is 3. The largest absolute Gasteiger partial charge is 0.233 e. The van der Waals surface area contributed by atoms with E-state index < -0.39 is 0 Å². The number of hydrogen-bond donors (Lipinski definition) is 0. The zero-order valence-corrected chi connectivity index (χ0v) is 11.0. The maximum Gasteiger partial charge on any atom is 0.157 e. The maximum atomic E-state index is 12.9. The summed E-state index contributed by atoms with van der Waals surface area (Å²) < 4.78 is 14.5. The molecule has 3 nitrogen and oxygen atoms in total. The molecule has 3 aromatic rings. The van der Waals surface area contributed by atoms with E-state index in [1.807, 2.05) is 13.0 Å². The van der Waals surface area contributed by atoms with Crippen LogP contribution in [0.5, 0.6) is 0 Å². The number of benzene rings is 1. The van der Waals surface area contributed by atoms with Gasteiger partial charge in [-0.1, -0.05) is 18.5 Å². The highest BCUT2D eigenvalue weighted by Crippen LogP contribution is 2.22. The molecule has 5 heteroatoms. The number of fused-ring (bicyclic) bond motifs is 1. The van der Waals surface area contributed by atoms with Crippen molar-refractivity contribution in [1.29, 1.82) is 0 Å². The topological polar surface area (TPSA) is 30.2 Å². The summed E-state index contributed by atoms with van der Waals surface area (Å²) >= 11 is 6.17. The highest BCUT2D eigenvalue weighted by Gasteiger charge is 2.09. The second-order valence-corrected chi connectivity index (χ2v) is 4.62. The fourth-order valence-electron chi connectivity index (χ4n) is 1.93. The van der Waals surface area contributed by atoms with E-state index in [-0.39, 0.29) is 5.82 Å². The van der Waals surface area contributed by atoms with E-state index in [0.29, 0.717) is 10.8 Å². The molecule has 96 valence electrons. The highest BCUT2D eigenvalue weighted by atomic mass is 35.5. The van der Waals surface area contributed by atoms with Crippen LogP contribution in [-0.2, 0) is 6.42 Å². The van der Waals surface area contributed by atoms with Crippen molar-refractivity contribution >= 4 is 17.2 Å². The molecular weight excluding hydrogens is 265 g/mol. The van der Waals surface area contributed by atoms with Gasteiger partial charge in [-0.15, -0.1) is 0 Å². The smallest absolute Gasteiger partial charge is 0.157 e. The molecule has 0 aliphatic carbocycles. The van der Waals surface area contributed by atoms with Gasteiger partial charge in [0, 0.05) is 17.3 Å². The number of hydrogen-bond acceptors (Lipinski definition) is 2. The van der Waals surface area contributed by atoms with Gasteiger partial charge in [0.1, 0.15) is 11.0 Å². The zero-order chi connectivity index (χ0) is 13.4. The minimum absolute atomic E-state index is 0.267. The second kappa shape index (κ2) is 4.63. The van der Waals surface area contributed by atoms with E-state index in [0.717, 1.165) is 23.4 Å². The lowest BCUT2D eigenvalue weighted by Gasteiger charge is -1.99. The summed E-state index contributed by atoms with van der Waals surface area (Å²) in [5.41, 5.74) is 3.18. The first-order valence-corrected chi connectivity index (χ1v) is 6.36. The molecule has 0 aliphatic heterocycles. The number of aromatic nitrogens is 3. The lowest BCUT2D eigenvalue weighted by atomic mass is 10.1. The van der Waals surface area contributed by atoms with Crippen LogP contribution in [0.4, 0.5) is 4.39 Å². The van der Waals surface area contributed by atoms with Crippen LogP contribution < -0.4 is 0 Å². The molecule has 0 radical (unpaired) electrons. The van der Waals surface area contributed by atoms with Crippen LogP contribution in [0, 0.1) is 5.82 Å². The van der Waals surface area contributed by atoms with Gasteiger partial charge in [0.05, 0.1) is 5.69 Å². The van der Waals surface area contributed by atoms with E-state index in [1.54, 1.807) is 22.7 Å². The van der Waals surface area contributed by atoms with Gasteiger partial charge in [0.25, 0.3) is 0 Å². The summed E-state index contributed by atoms with van der Waals surface area (Å²) in [6.45, 7) is 2.02. The third-order valence-electron chi connectivity index (χ3n) is 2.94. The summed E-state index contributed by atoms with van der Waals surface area (Å²) in [6, 6.07) is 9.84. The van der Waals surface area contributed by atoms with Gasteiger partial charge in [-0.3, -0.25) is 0 Å². The molecule has 19 heavy (non-hydrogen) atoms. The third-order valence-corrected chi connectivity index (χ3v) is 3.21. The van der Waals surface area contributed by atoms with Crippen molar-refractivity contribution in [2.75, 3.05) is 0 Å². The van der Waals surface area contributed by atoms with Crippen molar-refractivity contribution in [3.63, 3.8) is 0 Å². The molecule has 0 spiro atoms. The Morgan fingerprint density at radius 3 is 2.63 bits per heavy atom. The van der Waals surface area contributed by atoms with Gasteiger partial charge < -0.3 is 0 Å². The molecule has 0 bridgehead atoms. The first-order chi connectivity index (χ1) is 9.17. The van der Waals surface area contributed by atoms with Gasteiger partial charge in [-0.2, -0.15) is 5.10 Å². The first-order valence-electron chi connectivity index (χ1n) is 5.98. The second-order valence-electron chi connectivity index (χ2n) is 4.23. The van der Waals surface area contributed by atoms with Crippen molar-refractivity contribution in [3.8, 4) is 11.3 Å². The van der Waals surface area contributed by atoms with Crippen molar-refractivity contribution in [2.45, 2.75) is 13.3 Å². The van der Waals surface area contributed by atoms with E-state index >= 15 is 0 Å². The van der Waals surface area contributed by atoms with Crippen molar-refractivity contribution in [2.24, 2.45) is 0 Å². The predicted octanol–water partition coefficient (Wildman–Crippen LogP) is 3.75. The zero-order valence-electron chi connectivity index (χ0n) is 10.3. The SMILES string of the molecule is CCc1cc(Cl)n2nc(-c3ccc(F)cc3)cc2n1. The van der Waals surface area contributed by atoms with Crippen molar-refractivity contribution < 1.29 is 4.39 Å². The fourth-order valence-corrected chi connectivity index (χ4v) is 2.18. The fraction of sp³-hybridized carbons (Fsp3) is 0.143. The van der Waals surface area contributed by atoms with Crippen molar-refractivity contribution in [3.05, 3.63) is 53.1 Å². The standard InChI is InChI=1S/C14H11ClFN3/c1-2-11-7-13(15)19-14(17-11)8-12(18-19)9-3-5-10(16)6-4-9/h3-8H,2H2,1H3. The molecule has 0 fully saturated rings. The van der Waals surface area contributed by atoms with Crippen LogP contribution in [0.15, 0.2) is 36.4 Å². The summed E-state index contributed by atoms with van der Waals surface area (Å²) in [5, 5.41) is 4.91. The van der Waals surface area contributed by atoms with E-state index in [2.05, 4.69) is 10.1 Å².